The van der Waals surface area contributed by atoms with Crippen LogP contribution >= 0.6 is 11.8 Å². The molecule has 0 aliphatic carbocycles. The lowest BCUT2D eigenvalue weighted by Gasteiger charge is -2.16. The molecule has 0 N–H and O–H groups in total. The van der Waals surface area contributed by atoms with Gasteiger partial charge in [0, 0.05) is 11.6 Å². The van der Waals surface area contributed by atoms with Crippen molar-refractivity contribution in [3.63, 3.8) is 0 Å². The van der Waals surface area contributed by atoms with Gasteiger partial charge in [0.25, 0.3) is 10.0 Å². The first kappa shape index (κ1) is 19.8. The third-order valence-electron chi connectivity index (χ3n) is 5.00. The van der Waals surface area contributed by atoms with E-state index in [0.29, 0.717) is 10.4 Å². The topological polar surface area (TPSA) is 39.1 Å². The van der Waals surface area contributed by atoms with Gasteiger partial charge in [-0.25, -0.2) is 12.4 Å². The van der Waals surface area contributed by atoms with E-state index >= 15 is 0 Å². The molecular weight excluding hydrogens is 398 g/mol. The van der Waals surface area contributed by atoms with Gasteiger partial charge in [0.15, 0.2) is 0 Å². The van der Waals surface area contributed by atoms with Crippen LogP contribution < -0.4 is 0 Å². The van der Waals surface area contributed by atoms with E-state index in [1.807, 2.05) is 73.3 Å². The van der Waals surface area contributed by atoms with Gasteiger partial charge >= 0.3 is 0 Å². The Balaban J connectivity index is 1.93. The molecule has 29 heavy (non-hydrogen) atoms. The summed E-state index contributed by atoms with van der Waals surface area (Å²) in [5.41, 5.74) is 3.94. The third-order valence-corrected chi connectivity index (χ3v) is 7.89. The molecule has 1 atom stereocenters. The van der Waals surface area contributed by atoms with Gasteiger partial charge in [0.1, 0.15) is 0 Å². The fourth-order valence-electron chi connectivity index (χ4n) is 3.57. The van der Waals surface area contributed by atoms with Crippen molar-refractivity contribution in [1.29, 1.82) is 0 Å². The van der Waals surface area contributed by atoms with Gasteiger partial charge in [-0.1, -0.05) is 73.2 Å². The van der Waals surface area contributed by atoms with Gasteiger partial charge in [0.05, 0.1) is 15.7 Å². The highest BCUT2D eigenvalue weighted by Gasteiger charge is 2.25. The Bertz CT molecular complexity index is 1230. The summed E-state index contributed by atoms with van der Waals surface area (Å²) in [6.45, 7) is 4.08. The van der Waals surface area contributed by atoms with Crippen molar-refractivity contribution in [3.05, 3.63) is 102 Å². The third kappa shape index (κ3) is 3.72. The highest BCUT2D eigenvalue weighted by atomic mass is 32.2. The smallest absolute Gasteiger partial charge is 0.241 e. The van der Waals surface area contributed by atoms with Crippen molar-refractivity contribution in [2.45, 2.75) is 24.0 Å². The van der Waals surface area contributed by atoms with Crippen LogP contribution in [0, 0.1) is 6.92 Å². The van der Waals surface area contributed by atoms with E-state index in [1.54, 1.807) is 18.3 Å². The Kier molecular flexibility index (Phi) is 5.52. The number of fused-ring (bicyclic) bond motifs is 1. The average Bonchev–Trinajstić information content (AvgIpc) is 3.13. The minimum absolute atomic E-state index is 0.0700. The summed E-state index contributed by atoms with van der Waals surface area (Å²) in [6.07, 6.45) is 1.81. The van der Waals surface area contributed by atoms with Crippen molar-refractivity contribution < 1.29 is 8.42 Å². The summed E-state index contributed by atoms with van der Waals surface area (Å²) >= 11 is 1.81. The summed E-state index contributed by atoms with van der Waals surface area (Å²) in [7, 11) is -3.68. The number of aromatic nitrogens is 1. The van der Waals surface area contributed by atoms with Crippen molar-refractivity contribution >= 4 is 32.7 Å². The second-order valence-electron chi connectivity index (χ2n) is 6.96. The molecule has 1 unspecified atom stereocenters. The second kappa shape index (κ2) is 8.09. The van der Waals surface area contributed by atoms with E-state index < -0.39 is 10.0 Å². The summed E-state index contributed by atoms with van der Waals surface area (Å²) in [6, 6.07) is 25.0. The summed E-state index contributed by atoms with van der Waals surface area (Å²) in [5.74, 6) is 0.934. The molecule has 0 bridgehead atoms. The molecule has 1 aromatic heterocycles. The number of nitrogens with zero attached hydrogens (tertiary/aromatic N) is 1. The summed E-state index contributed by atoms with van der Waals surface area (Å²) < 4.78 is 28.3. The highest BCUT2D eigenvalue weighted by Crippen LogP contribution is 2.40. The Hall–Kier alpha value is -2.50. The average molecular weight is 422 g/mol. The maximum atomic E-state index is 13.4. The van der Waals surface area contributed by atoms with Crippen molar-refractivity contribution in [2.75, 3.05) is 5.75 Å². The van der Waals surface area contributed by atoms with Crippen LogP contribution in [-0.2, 0) is 10.0 Å². The molecule has 0 spiro atoms. The fraction of sp³-hybridized carbons (Fsp3) is 0.167. The first-order valence-electron chi connectivity index (χ1n) is 9.61. The maximum absolute atomic E-state index is 13.4. The molecule has 0 radical (unpaired) electrons. The fourth-order valence-corrected chi connectivity index (χ4v) is 5.99. The van der Waals surface area contributed by atoms with Gasteiger partial charge in [0.2, 0.25) is 0 Å². The maximum Gasteiger partial charge on any atom is 0.268 e. The number of hydrogen-bond acceptors (Lipinski definition) is 3. The first-order valence-corrected chi connectivity index (χ1v) is 12.1. The molecule has 1 heterocycles. The van der Waals surface area contributed by atoms with Crippen molar-refractivity contribution in [3.8, 4) is 0 Å². The van der Waals surface area contributed by atoms with E-state index in [-0.39, 0.29) is 5.25 Å². The Morgan fingerprint density at radius 3 is 2.24 bits per heavy atom. The molecule has 0 saturated carbocycles. The minimum atomic E-state index is -3.68. The van der Waals surface area contributed by atoms with Crippen LogP contribution in [0.3, 0.4) is 0 Å². The van der Waals surface area contributed by atoms with Crippen LogP contribution in [0.2, 0.25) is 0 Å². The van der Waals surface area contributed by atoms with Crippen LogP contribution in [0.1, 0.15) is 28.9 Å². The molecule has 0 aliphatic heterocycles. The largest absolute Gasteiger partial charge is 0.268 e. The van der Waals surface area contributed by atoms with Gasteiger partial charge in [-0.3, -0.25) is 0 Å². The lowest BCUT2D eigenvalue weighted by atomic mass is 10.0. The lowest BCUT2D eigenvalue weighted by molar-refractivity contribution is 0.589. The van der Waals surface area contributed by atoms with E-state index in [9.17, 15) is 8.42 Å². The van der Waals surface area contributed by atoms with Gasteiger partial charge < -0.3 is 0 Å². The van der Waals surface area contributed by atoms with Crippen LogP contribution in [0.5, 0.6) is 0 Å². The van der Waals surface area contributed by atoms with Crippen LogP contribution in [0.4, 0.5) is 0 Å². The molecule has 0 fully saturated rings. The number of rotatable bonds is 6. The van der Waals surface area contributed by atoms with E-state index in [1.165, 1.54) is 9.54 Å². The Morgan fingerprint density at radius 2 is 1.55 bits per heavy atom. The van der Waals surface area contributed by atoms with Crippen molar-refractivity contribution in [1.82, 2.24) is 3.97 Å². The Labute approximate surface area is 176 Å². The molecule has 5 heteroatoms. The molecule has 0 saturated heterocycles. The van der Waals surface area contributed by atoms with E-state index in [0.717, 1.165) is 22.3 Å². The van der Waals surface area contributed by atoms with Gasteiger partial charge in [-0.15, -0.1) is 11.8 Å². The SMILES string of the molecule is CCSC(c1ccccc1)c1cn(S(=O)(=O)c2ccc(C)cc2)c2ccccc12. The molecular formula is C24H23NO2S2. The normalized spacial score (nSPS) is 12.9. The zero-order valence-electron chi connectivity index (χ0n) is 16.4. The molecule has 4 rings (SSSR count). The monoisotopic (exact) mass is 421 g/mol. The predicted octanol–water partition coefficient (Wildman–Crippen LogP) is 6.03. The quantitative estimate of drug-likeness (QED) is 0.382. The van der Waals surface area contributed by atoms with Crippen LogP contribution in [-0.4, -0.2) is 18.1 Å². The molecule has 3 nitrogen and oxygen atoms in total. The Morgan fingerprint density at radius 1 is 0.897 bits per heavy atom. The lowest BCUT2D eigenvalue weighted by Crippen LogP contribution is -2.12. The van der Waals surface area contributed by atoms with E-state index in [4.69, 9.17) is 0 Å². The predicted molar refractivity (Wildman–Crippen MR) is 122 cm³/mol. The molecule has 3 aromatic carbocycles. The van der Waals surface area contributed by atoms with Gasteiger partial charge in [-0.05, 0) is 42.0 Å². The number of thioether (sulfide) groups is 1. The number of aryl methyl sites for hydroxylation is 1. The molecule has 4 aromatic rings. The first-order chi connectivity index (χ1) is 14.0. The molecule has 0 aliphatic rings. The van der Waals surface area contributed by atoms with Crippen molar-refractivity contribution in [2.24, 2.45) is 0 Å². The minimum Gasteiger partial charge on any atom is -0.241 e. The molecule has 0 amide bonds. The van der Waals surface area contributed by atoms with Crippen LogP contribution in [0.25, 0.3) is 10.9 Å². The van der Waals surface area contributed by atoms with E-state index in [2.05, 4.69) is 19.1 Å². The highest BCUT2D eigenvalue weighted by molar-refractivity contribution is 7.99. The number of hydrogen-bond donors (Lipinski definition) is 0. The zero-order valence-corrected chi connectivity index (χ0v) is 18.1. The van der Waals surface area contributed by atoms with Crippen LogP contribution in [0.15, 0.2) is 90.0 Å². The molecule has 148 valence electrons. The number of benzene rings is 3. The van der Waals surface area contributed by atoms with Gasteiger partial charge in [-0.2, -0.15) is 0 Å². The standard InChI is InChI=1S/C24H23NO2S2/c1-3-28-24(19-9-5-4-6-10-19)22-17-25(23-12-8-7-11-21(22)23)29(26,27)20-15-13-18(2)14-16-20/h4-17,24H,3H2,1-2H3. The second-order valence-corrected chi connectivity index (χ2v) is 10.2. The zero-order chi connectivity index (χ0) is 20.4. The number of para-hydroxylation sites is 1. The summed E-state index contributed by atoms with van der Waals surface area (Å²) in [4.78, 5) is 0.301. The summed E-state index contributed by atoms with van der Waals surface area (Å²) in [5, 5.41) is 1.04.